The minimum Gasteiger partial charge on any atom is -0.251 e. The molecule has 0 unspecified atom stereocenters. The number of aryl methyl sites for hydroxylation is 1. The second kappa shape index (κ2) is 11.0. The first-order valence-electron chi connectivity index (χ1n) is 11.6. The first-order valence-corrected chi connectivity index (χ1v) is 11.6. The summed E-state index contributed by atoms with van der Waals surface area (Å²) in [6.45, 7) is 2.06. The predicted molar refractivity (Wildman–Crippen MR) is 115 cm³/mol. The largest absolute Gasteiger partial charge is 0.251 e. The van der Waals surface area contributed by atoms with Crippen molar-refractivity contribution in [3.8, 4) is 0 Å². The van der Waals surface area contributed by atoms with E-state index in [-0.39, 0.29) is 6.67 Å². The molecule has 0 nitrogen and oxygen atoms in total. The molecule has 0 aromatic heterocycles. The summed E-state index contributed by atoms with van der Waals surface area (Å²) in [4.78, 5) is 0. The molecule has 0 atom stereocenters. The molecule has 0 aliphatic heterocycles. The van der Waals surface area contributed by atoms with E-state index < -0.39 is 0 Å². The number of benzene rings is 1. The summed E-state index contributed by atoms with van der Waals surface area (Å²) in [6.07, 6.45) is 19.9. The molecule has 2 fully saturated rings. The molecule has 0 radical (unpaired) electrons. The average Bonchev–Trinajstić information content (AvgIpc) is 2.74. The van der Waals surface area contributed by atoms with Crippen LogP contribution in [0.5, 0.6) is 0 Å². The fourth-order valence-corrected chi connectivity index (χ4v) is 5.45. The maximum absolute atomic E-state index is 12.1. The van der Waals surface area contributed by atoms with Gasteiger partial charge >= 0.3 is 0 Å². The van der Waals surface area contributed by atoms with Crippen LogP contribution in [-0.2, 0) is 6.42 Å². The van der Waals surface area contributed by atoms with Crippen LogP contribution in [0.25, 0.3) is 0 Å². The lowest BCUT2D eigenvalue weighted by molar-refractivity contribution is 0.160. The highest BCUT2D eigenvalue weighted by Crippen LogP contribution is 2.44. The molecule has 150 valence electrons. The van der Waals surface area contributed by atoms with Crippen LogP contribution in [0.15, 0.2) is 36.4 Å². The van der Waals surface area contributed by atoms with Gasteiger partial charge in [-0.05, 0) is 112 Å². The lowest BCUT2D eigenvalue weighted by Crippen LogP contribution is -2.25. The van der Waals surface area contributed by atoms with Gasteiger partial charge in [0.2, 0.25) is 0 Å². The maximum Gasteiger partial charge on any atom is 0.0897 e. The molecule has 1 heteroatoms. The third-order valence-electron chi connectivity index (χ3n) is 7.33. The van der Waals surface area contributed by atoms with E-state index in [4.69, 9.17) is 0 Å². The standard InChI is InChI=1S/C26H39F/c1-2-21-8-12-23(13-9-21)25-16-18-26(19-17-25)24-14-10-22(11-15-24)7-5-3-4-6-20-27/h3,5,8-9,12-13,22,24-26H,2,4,6-7,10-11,14-20H2,1H3/b5-3+/t22-,24-,25?,26?. The lowest BCUT2D eigenvalue weighted by atomic mass is 9.68. The van der Waals surface area contributed by atoms with Crippen LogP contribution in [0.4, 0.5) is 4.39 Å². The zero-order valence-electron chi connectivity index (χ0n) is 17.3. The Labute approximate surface area is 166 Å². The van der Waals surface area contributed by atoms with Crippen LogP contribution in [0.2, 0.25) is 0 Å². The highest BCUT2D eigenvalue weighted by atomic mass is 19.1. The van der Waals surface area contributed by atoms with Crippen LogP contribution >= 0.6 is 0 Å². The molecule has 0 bridgehead atoms. The molecule has 0 saturated heterocycles. The SMILES string of the molecule is CCc1ccc(C2CCC([C@H]3CC[C@H](C/C=C/CCCF)CC3)CC2)cc1. The molecule has 0 N–H and O–H groups in total. The van der Waals surface area contributed by atoms with Gasteiger partial charge in [0, 0.05) is 0 Å². The Morgan fingerprint density at radius 3 is 2.07 bits per heavy atom. The normalized spacial score (nSPS) is 29.3. The quantitative estimate of drug-likeness (QED) is 0.321. The van der Waals surface area contributed by atoms with Crippen LogP contribution in [0.1, 0.15) is 94.6 Å². The van der Waals surface area contributed by atoms with Crippen molar-refractivity contribution in [3.05, 3.63) is 47.5 Å². The molecule has 2 aliphatic rings. The number of halogens is 1. The molecule has 2 aliphatic carbocycles. The first-order chi connectivity index (χ1) is 13.3. The van der Waals surface area contributed by atoms with Gasteiger partial charge in [-0.2, -0.15) is 0 Å². The molecule has 1 aromatic carbocycles. The molecule has 3 rings (SSSR count). The van der Waals surface area contributed by atoms with E-state index in [0.717, 1.165) is 36.5 Å². The number of unbranched alkanes of at least 4 members (excludes halogenated alkanes) is 1. The summed E-state index contributed by atoms with van der Waals surface area (Å²) >= 11 is 0. The minimum absolute atomic E-state index is 0.179. The summed E-state index contributed by atoms with van der Waals surface area (Å²) in [7, 11) is 0. The van der Waals surface area contributed by atoms with Gasteiger partial charge in [0.15, 0.2) is 0 Å². The number of hydrogen-bond donors (Lipinski definition) is 0. The smallest absolute Gasteiger partial charge is 0.0897 e. The van der Waals surface area contributed by atoms with Crippen molar-refractivity contribution in [1.82, 2.24) is 0 Å². The monoisotopic (exact) mass is 370 g/mol. The zero-order valence-corrected chi connectivity index (χ0v) is 17.3. The highest BCUT2D eigenvalue weighted by Gasteiger charge is 2.30. The minimum atomic E-state index is -0.179. The molecule has 1 aromatic rings. The van der Waals surface area contributed by atoms with Gasteiger partial charge in [0.25, 0.3) is 0 Å². The Balaban J connectivity index is 1.37. The van der Waals surface area contributed by atoms with Crippen molar-refractivity contribution in [1.29, 1.82) is 0 Å². The van der Waals surface area contributed by atoms with Crippen LogP contribution in [0, 0.1) is 17.8 Å². The van der Waals surface area contributed by atoms with Crippen molar-refractivity contribution in [2.75, 3.05) is 6.67 Å². The number of allylic oxidation sites excluding steroid dienone is 2. The summed E-state index contributed by atoms with van der Waals surface area (Å²) in [6, 6.07) is 9.43. The Kier molecular flexibility index (Phi) is 8.42. The second-order valence-electron chi connectivity index (χ2n) is 9.03. The lowest BCUT2D eigenvalue weighted by Gasteiger charge is -2.38. The van der Waals surface area contributed by atoms with Gasteiger partial charge in [-0.15, -0.1) is 0 Å². The van der Waals surface area contributed by atoms with Gasteiger partial charge in [0.05, 0.1) is 6.67 Å². The van der Waals surface area contributed by atoms with Gasteiger partial charge in [-0.25, -0.2) is 0 Å². The fourth-order valence-electron chi connectivity index (χ4n) is 5.45. The van der Waals surface area contributed by atoms with E-state index in [1.165, 1.54) is 63.4 Å². The third-order valence-corrected chi connectivity index (χ3v) is 7.33. The highest BCUT2D eigenvalue weighted by molar-refractivity contribution is 5.25. The topological polar surface area (TPSA) is 0 Å². The number of rotatable bonds is 8. The fraction of sp³-hybridized carbons (Fsp3) is 0.692. The van der Waals surface area contributed by atoms with E-state index in [9.17, 15) is 4.39 Å². The molecule has 0 spiro atoms. The van der Waals surface area contributed by atoms with E-state index in [1.54, 1.807) is 5.56 Å². The molecule has 0 amide bonds. The molecular weight excluding hydrogens is 331 g/mol. The van der Waals surface area contributed by atoms with Crippen LogP contribution in [-0.4, -0.2) is 6.67 Å². The van der Waals surface area contributed by atoms with Crippen molar-refractivity contribution in [2.24, 2.45) is 17.8 Å². The van der Waals surface area contributed by atoms with Crippen molar-refractivity contribution >= 4 is 0 Å². The zero-order chi connectivity index (χ0) is 18.9. The first kappa shape index (κ1) is 20.6. The average molecular weight is 371 g/mol. The van der Waals surface area contributed by atoms with Crippen molar-refractivity contribution in [3.63, 3.8) is 0 Å². The van der Waals surface area contributed by atoms with E-state index in [1.807, 2.05) is 0 Å². The molecule has 2 saturated carbocycles. The van der Waals surface area contributed by atoms with Crippen LogP contribution in [0.3, 0.4) is 0 Å². The summed E-state index contributed by atoms with van der Waals surface area (Å²) < 4.78 is 12.1. The third kappa shape index (κ3) is 6.19. The molecule has 27 heavy (non-hydrogen) atoms. The Morgan fingerprint density at radius 2 is 1.48 bits per heavy atom. The summed E-state index contributed by atoms with van der Waals surface area (Å²) in [5, 5.41) is 0. The maximum atomic E-state index is 12.1. The van der Waals surface area contributed by atoms with Gasteiger partial charge in [-0.3, -0.25) is 4.39 Å². The van der Waals surface area contributed by atoms with Crippen molar-refractivity contribution in [2.45, 2.75) is 89.9 Å². The van der Waals surface area contributed by atoms with Gasteiger partial charge in [0.1, 0.15) is 0 Å². The van der Waals surface area contributed by atoms with E-state index in [2.05, 4.69) is 43.3 Å². The summed E-state index contributed by atoms with van der Waals surface area (Å²) in [5.41, 5.74) is 3.04. The number of hydrogen-bond acceptors (Lipinski definition) is 0. The van der Waals surface area contributed by atoms with Gasteiger partial charge in [-0.1, -0.05) is 43.3 Å². The summed E-state index contributed by atoms with van der Waals surface area (Å²) in [5.74, 6) is 3.66. The van der Waals surface area contributed by atoms with Gasteiger partial charge < -0.3 is 0 Å². The molecular formula is C26H39F. The van der Waals surface area contributed by atoms with E-state index in [0.29, 0.717) is 6.42 Å². The van der Waals surface area contributed by atoms with Crippen LogP contribution < -0.4 is 0 Å². The Bertz CT molecular complexity index is 542. The second-order valence-corrected chi connectivity index (χ2v) is 9.03. The van der Waals surface area contributed by atoms with E-state index >= 15 is 0 Å². The Morgan fingerprint density at radius 1 is 0.852 bits per heavy atom. The number of alkyl halides is 1. The molecule has 0 heterocycles. The Hall–Kier alpha value is -1.11. The predicted octanol–water partition coefficient (Wildman–Crippen LogP) is 8.03. The van der Waals surface area contributed by atoms with Crippen molar-refractivity contribution < 1.29 is 4.39 Å².